The number of carbonyl (C=O) groups excluding carboxylic acids is 2. The van der Waals surface area contributed by atoms with E-state index >= 15 is 0 Å². The molecule has 88 valence electrons. The van der Waals surface area contributed by atoms with Crippen molar-refractivity contribution in [3.05, 3.63) is 0 Å². The van der Waals surface area contributed by atoms with E-state index in [1.807, 2.05) is 0 Å². The van der Waals surface area contributed by atoms with Gasteiger partial charge in [0, 0.05) is 26.6 Å². The molecule has 5 nitrogen and oxygen atoms in total. The molecule has 1 atom stereocenters. The molecule has 0 bridgehead atoms. The van der Waals surface area contributed by atoms with Gasteiger partial charge in [-0.3, -0.25) is 9.59 Å². The zero-order valence-corrected chi connectivity index (χ0v) is 9.87. The molecule has 0 aromatic heterocycles. The van der Waals surface area contributed by atoms with Crippen molar-refractivity contribution < 1.29 is 14.3 Å². The molecule has 0 fully saturated rings. The molecule has 0 heterocycles. The summed E-state index contributed by atoms with van der Waals surface area (Å²) in [6.45, 7) is 2.79. The lowest BCUT2D eigenvalue weighted by Crippen LogP contribution is -2.35. The third kappa shape index (κ3) is 5.37. The topological polar surface area (TPSA) is 58.6 Å². The number of amides is 1. The fraction of sp³-hybridized carbons (Fsp3) is 0.800. The number of hydrogen-bond donors (Lipinski definition) is 1. The Balaban J connectivity index is 3.95. The summed E-state index contributed by atoms with van der Waals surface area (Å²) in [4.78, 5) is 24.1. The molecular weight excluding hydrogens is 196 g/mol. The second-order valence-electron chi connectivity index (χ2n) is 3.55. The molecule has 1 amide bonds. The summed E-state index contributed by atoms with van der Waals surface area (Å²) < 4.78 is 4.58. The van der Waals surface area contributed by atoms with Gasteiger partial charge >= 0.3 is 5.97 Å². The number of ether oxygens (including phenoxy) is 1. The zero-order valence-electron chi connectivity index (χ0n) is 9.87. The van der Waals surface area contributed by atoms with E-state index in [-0.39, 0.29) is 17.8 Å². The first-order valence-electron chi connectivity index (χ1n) is 4.99. The van der Waals surface area contributed by atoms with Gasteiger partial charge in [-0.2, -0.15) is 0 Å². The first-order chi connectivity index (χ1) is 7.02. The molecule has 1 unspecified atom stereocenters. The molecule has 0 spiro atoms. The highest BCUT2D eigenvalue weighted by Crippen LogP contribution is 2.01. The number of esters is 1. The Morgan fingerprint density at radius 2 is 2.07 bits per heavy atom. The third-order valence-electron chi connectivity index (χ3n) is 2.17. The smallest absolute Gasteiger partial charge is 0.310 e. The third-order valence-corrected chi connectivity index (χ3v) is 2.17. The SMILES string of the molecule is CNCCC(=O)N(C)CC(C)C(=O)OC. The van der Waals surface area contributed by atoms with Crippen LogP contribution in [-0.4, -0.2) is 51.1 Å². The van der Waals surface area contributed by atoms with E-state index in [0.29, 0.717) is 19.5 Å². The van der Waals surface area contributed by atoms with Gasteiger partial charge in [-0.05, 0) is 7.05 Å². The Hall–Kier alpha value is -1.10. The van der Waals surface area contributed by atoms with Gasteiger partial charge in [0.25, 0.3) is 0 Å². The van der Waals surface area contributed by atoms with Crippen molar-refractivity contribution in [3.63, 3.8) is 0 Å². The van der Waals surface area contributed by atoms with Crippen LogP contribution in [0, 0.1) is 5.92 Å². The predicted molar refractivity (Wildman–Crippen MR) is 57.4 cm³/mol. The maximum absolute atomic E-state index is 11.5. The van der Waals surface area contributed by atoms with E-state index in [9.17, 15) is 9.59 Å². The number of rotatable bonds is 6. The molecule has 0 saturated carbocycles. The molecular formula is C10H20N2O3. The number of methoxy groups -OCH3 is 1. The van der Waals surface area contributed by atoms with Crippen LogP contribution >= 0.6 is 0 Å². The van der Waals surface area contributed by atoms with Gasteiger partial charge in [-0.1, -0.05) is 6.92 Å². The van der Waals surface area contributed by atoms with Gasteiger partial charge in [0.2, 0.25) is 5.91 Å². The van der Waals surface area contributed by atoms with Gasteiger partial charge in [0.15, 0.2) is 0 Å². The van der Waals surface area contributed by atoms with Crippen LogP contribution in [0.2, 0.25) is 0 Å². The standard InChI is InChI=1S/C10H20N2O3/c1-8(10(14)15-4)7-12(3)9(13)5-6-11-2/h8,11H,5-7H2,1-4H3. The lowest BCUT2D eigenvalue weighted by molar-refractivity contribution is -0.146. The minimum absolute atomic E-state index is 0.0279. The van der Waals surface area contributed by atoms with Crippen LogP contribution in [0.3, 0.4) is 0 Å². The van der Waals surface area contributed by atoms with Gasteiger partial charge in [-0.15, -0.1) is 0 Å². The van der Waals surface area contributed by atoms with Crippen molar-refractivity contribution in [2.24, 2.45) is 5.92 Å². The summed E-state index contributed by atoms with van der Waals surface area (Å²) in [5.74, 6) is -0.540. The number of nitrogens with one attached hydrogen (secondary N) is 1. The summed E-state index contributed by atoms with van der Waals surface area (Å²) in [7, 11) is 4.84. The molecule has 0 aliphatic carbocycles. The van der Waals surface area contributed by atoms with E-state index in [1.165, 1.54) is 7.11 Å². The largest absolute Gasteiger partial charge is 0.469 e. The number of nitrogens with zero attached hydrogens (tertiary/aromatic N) is 1. The molecule has 0 aliphatic heterocycles. The zero-order chi connectivity index (χ0) is 11.8. The normalized spacial score (nSPS) is 12.0. The average molecular weight is 216 g/mol. The maximum Gasteiger partial charge on any atom is 0.310 e. The van der Waals surface area contributed by atoms with E-state index in [4.69, 9.17) is 0 Å². The van der Waals surface area contributed by atoms with E-state index in [1.54, 1.807) is 25.9 Å². The van der Waals surface area contributed by atoms with Crippen LogP contribution in [0.4, 0.5) is 0 Å². The Bertz CT molecular complexity index is 219. The van der Waals surface area contributed by atoms with E-state index < -0.39 is 0 Å². The van der Waals surface area contributed by atoms with Crippen LogP contribution in [-0.2, 0) is 14.3 Å². The van der Waals surface area contributed by atoms with Crippen molar-refractivity contribution in [1.29, 1.82) is 0 Å². The first kappa shape index (κ1) is 13.9. The highest BCUT2D eigenvalue weighted by Gasteiger charge is 2.17. The monoisotopic (exact) mass is 216 g/mol. The second kappa shape index (κ2) is 7.23. The molecule has 5 heteroatoms. The molecule has 15 heavy (non-hydrogen) atoms. The van der Waals surface area contributed by atoms with Crippen molar-refractivity contribution in [1.82, 2.24) is 10.2 Å². The minimum atomic E-state index is -0.289. The van der Waals surface area contributed by atoms with Crippen LogP contribution in [0.1, 0.15) is 13.3 Å². The minimum Gasteiger partial charge on any atom is -0.469 e. The Morgan fingerprint density at radius 3 is 2.53 bits per heavy atom. The number of hydrogen-bond acceptors (Lipinski definition) is 4. The van der Waals surface area contributed by atoms with Crippen molar-refractivity contribution in [2.45, 2.75) is 13.3 Å². The maximum atomic E-state index is 11.5. The molecule has 0 rings (SSSR count). The highest BCUT2D eigenvalue weighted by atomic mass is 16.5. The van der Waals surface area contributed by atoms with E-state index in [2.05, 4.69) is 10.1 Å². The molecule has 0 radical (unpaired) electrons. The van der Waals surface area contributed by atoms with Gasteiger partial charge < -0.3 is 15.0 Å². The summed E-state index contributed by atoms with van der Waals surface area (Å²) in [6, 6.07) is 0. The quantitative estimate of drug-likeness (QED) is 0.628. The van der Waals surface area contributed by atoms with Crippen molar-refractivity contribution >= 4 is 11.9 Å². The lowest BCUT2D eigenvalue weighted by atomic mass is 10.1. The van der Waals surface area contributed by atoms with Crippen molar-refractivity contribution in [2.75, 3.05) is 34.3 Å². The highest BCUT2D eigenvalue weighted by molar-refractivity contribution is 5.77. The molecule has 0 aromatic rings. The van der Waals surface area contributed by atoms with Crippen LogP contribution in [0.15, 0.2) is 0 Å². The van der Waals surface area contributed by atoms with Crippen molar-refractivity contribution in [3.8, 4) is 0 Å². The Morgan fingerprint density at radius 1 is 1.47 bits per heavy atom. The predicted octanol–water partition coefficient (Wildman–Crippen LogP) is -0.137. The first-order valence-corrected chi connectivity index (χ1v) is 4.99. The van der Waals surface area contributed by atoms with E-state index in [0.717, 1.165) is 0 Å². The van der Waals surface area contributed by atoms with Crippen LogP contribution < -0.4 is 5.32 Å². The Labute approximate surface area is 90.8 Å². The second-order valence-corrected chi connectivity index (χ2v) is 3.55. The van der Waals surface area contributed by atoms with Gasteiger partial charge in [-0.25, -0.2) is 0 Å². The molecule has 0 aliphatic rings. The fourth-order valence-corrected chi connectivity index (χ4v) is 1.21. The van der Waals surface area contributed by atoms with Gasteiger partial charge in [0.1, 0.15) is 0 Å². The lowest BCUT2D eigenvalue weighted by Gasteiger charge is -2.20. The Kier molecular flexibility index (Phi) is 6.70. The van der Waals surface area contributed by atoms with Crippen LogP contribution in [0.5, 0.6) is 0 Å². The average Bonchev–Trinajstić information content (AvgIpc) is 2.24. The summed E-state index contributed by atoms with van der Waals surface area (Å²) in [5.41, 5.74) is 0. The molecule has 0 saturated heterocycles. The fourth-order valence-electron chi connectivity index (χ4n) is 1.21. The summed E-state index contributed by atoms with van der Waals surface area (Å²) in [6.07, 6.45) is 0.445. The van der Waals surface area contributed by atoms with Gasteiger partial charge in [0.05, 0.1) is 13.0 Å². The molecule has 0 aromatic carbocycles. The number of carbonyl (C=O) groups is 2. The van der Waals surface area contributed by atoms with Crippen LogP contribution in [0.25, 0.3) is 0 Å². The molecule has 1 N–H and O–H groups in total. The summed E-state index contributed by atoms with van der Waals surface area (Å²) in [5, 5.41) is 2.90. The summed E-state index contributed by atoms with van der Waals surface area (Å²) >= 11 is 0.